The van der Waals surface area contributed by atoms with Gasteiger partial charge in [0.05, 0.1) is 12.7 Å². The Morgan fingerprint density at radius 3 is 2.39 bits per heavy atom. The lowest BCUT2D eigenvalue weighted by Gasteiger charge is -2.24. The zero-order chi connectivity index (χ0) is 13.2. The van der Waals surface area contributed by atoms with Crippen LogP contribution >= 0.6 is 11.3 Å². The van der Waals surface area contributed by atoms with E-state index in [1.165, 1.54) is 4.88 Å². The van der Waals surface area contributed by atoms with Gasteiger partial charge in [0.25, 0.3) is 0 Å². The van der Waals surface area contributed by atoms with Gasteiger partial charge in [-0.25, -0.2) is 0 Å². The fourth-order valence-electron chi connectivity index (χ4n) is 2.18. The van der Waals surface area contributed by atoms with Crippen molar-refractivity contribution in [3.8, 4) is 5.75 Å². The fourth-order valence-corrected chi connectivity index (χ4v) is 3.00. The fraction of sp³-hybridized carbons (Fsp3) is 0.333. The lowest BCUT2D eigenvalue weighted by Crippen LogP contribution is -2.24. The standard InChI is InChI=1S/C15H18O2S/c1-11-14(8-9-18-11)15(2,16)10-12-4-6-13(17-3)7-5-12/h4-9,16H,10H2,1-3H3. The first-order chi connectivity index (χ1) is 8.53. The molecule has 0 bridgehead atoms. The molecule has 0 aliphatic carbocycles. The normalized spacial score (nSPS) is 14.2. The van der Waals surface area contributed by atoms with Gasteiger partial charge in [-0.05, 0) is 48.6 Å². The third-order valence-electron chi connectivity index (χ3n) is 3.15. The van der Waals surface area contributed by atoms with Gasteiger partial charge in [-0.3, -0.25) is 0 Å². The summed E-state index contributed by atoms with van der Waals surface area (Å²) in [4.78, 5) is 1.17. The van der Waals surface area contributed by atoms with Gasteiger partial charge in [0, 0.05) is 11.3 Å². The molecular formula is C15H18O2S. The molecule has 2 aromatic rings. The van der Waals surface area contributed by atoms with Crippen LogP contribution < -0.4 is 4.74 Å². The molecule has 0 fully saturated rings. The zero-order valence-corrected chi connectivity index (χ0v) is 11.8. The molecule has 18 heavy (non-hydrogen) atoms. The first-order valence-electron chi connectivity index (χ1n) is 5.93. The maximum atomic E-state index is 10.6. The van der Waals surface area contributed by atoms with Crippen LogP contribution in [0.5, 0.6) is 5.75 Å². The summed E-state index contributed by atoms with van der Waals surface area (Å²) in [5.41, 5.74) is 1.30. The molecule has 1 heterocycles. The van der Waals surface area contributed by atoms with E-state index >= 15 is 0 Å². The van der Waals surface area contributed by atoms with Crippen molar-refractivity contribution >= 4 is 11.3 Å². The van der Waals surface area contributed by atoms with E-state index in [-0.39, 0.29) is 0 Å². The van der Waals surface area contributed by atoms with Crippen LogP contribution in [0.25, 0.3) is 0 Å². The number of ether oxygens (including phenoxy) is 1. The summed E-state index contributed by atoms with van der Waals surface area (Å²) >= 11 is 1.67. The van der Waals surface area contributed by atoms with Crippen LogP contribution in [0, 0.1) is 6.92 Å². The van der Waals surface area contributed by atoms with Crippen LogP contribution in [0.15, 0.2) is 35.7 Å². The first kappa shape index (κ1) is 13.1. The van der Waals surface area contributed by atoms with Crippen LogP contribution in [0.1, 0.15) is 22.9 Å². The third-order valence-corrected chi connectivity index (χ3v) is 3.99. The Labute approximate surface area is 112 Å². The second kappa shape index (κ2) is 5.12. The van der Waals surface area contributed by atoms with Crippen molar-refractivity contribution < 1.29 is 9.84 Å². The molecule has 0 aliphatic heterocycles. The van der Waals surface area contributed by atoms with Crippen LogP contribution in [-0.4, -0.2) is 12.2 Å². The average molecular weight is 262 g/mol. The smallest absolute Gasteiger partial charge is 0.118 e. The van der Waals surface area contributed by atoms with Gasteiger partial charge < -0.3 is 9.84 Å². The van der Waals surface area contributed by atoms with Gasteiger partial charge >= 0.3 is 0 Å². The summed E-state index contributed by atoms with van der Waals surface area (Å²) in [7, 11) is 1.65. The van der Waals surface area contributed by atoms with E-state index < -0.39 is 5.60 Å². The molecule has 1 aromatic heterocycles. The van der Waals surface area contributed by atoms with E-state index in [9.17, 15) is 5.11 Å². The number of benzene rings is 1. The van der Waals surface area contributed by atoms with Gasteiger partial charge in [0.15, 0.2) is 0 Å². The van der Waals surface area contributed by atoms with Gasteiger partial charge in [0.2, 0.25) is 0 Å². The topological polar surface area (TPSA) is 29.5 Å². The summed E-state index contributed by atoms with van der Waals surface area (Å²) in [6.07, 6.45) is 0.606. The molecule has 1 atom stereocenters. The summed E-state index contributed by atoms with van der Waals surface area (Å²) in [5, 5.41) is 12.6. The molecule has 0 radical (unpaired) electrons. The molecule has 0 amide bonds. The second-order valence-corrected chi connectivity index (χ2v) is 5.81. The molecule has 2 rings (SSSR count). The Kier molecular flexibility index (Phi) is 3.73. The molecule has 3 heteroatoms. The number of rotatable bonds is 4. The molecule has 1 N–H and O–H groups in total. The number of aryl methyl sites for hydroxylation is 1. The summed E-state index contributed by atoms with van der Waals surface area (Å²) in [6.45, 7) is 3.91. The summed E-state index contributed by atoms with van der Waals surface area (Å²) in [6, 6.07) is 9.84. The highest BCUT2D eigenvalue weighted by atomic mass is 32.1. The van der Waals surface area contributed by atoms with Crippen LogP contribution in [0.4, 0.5) is 0 Å². The van der Waals surface area contributed by atoms with Crippen molar-refractivity contribution in [2.45, 2.75) is 25.9 Å². The highest BCUT2D eigenvalue weighted by Crippen LogP contribution is 2.31. The van der Waals surface area contributed by atoms with Crippen molar-refractivity contribution in [2.24, 2.45) is 0 Å². The van der Waals surface area contributed by atoms with Gasteiger partial charge in [0.1, 0.15) is 5.75 Å². The van der Waals surface area contributed by atoms with Crippen molar-refractivity contribution in [2.75, 3.05) is 7.11 Å². The van der Waals surface area contributed by atoms with E-state index in [4.69, 9.17) is 4.74 Å². The third kappa shape index (κ3) is 2.74. The van der Waals surface area contributed by atoms with E-state index in [1.807, 2.05) is 49.6 Å². The Balaban J connectivity index is 2.19. The number of aliphatic hydroxyl groups is 1. The zero-order valence-electron chi connectivity index (χ0n) is 10.9. The SMILES string of the molecule is COc1ccc(CC(C)(O)c2ccsc2C)cc1. The van der Waals surface area contributed by atoms with E-state index in [2.05, 4.69) is 0 Å². The van der Waals surface area contributed by atoms with Crippen molar-refractivity contribution in [3.63, 3.8) is 0 Å². The number of methoxy groups -OCH3 is 1. The van der Waals surface area contributed by atoms with E-state index in [0.29, 0.717) is 6.42 Å². The van der Waals surface area contributed by atoms with E-state index in [1.54, 1.807) is 18.4 Å². The van der Waals surface area contributed by atoms with Crippen LogP contribution in [0.2, 0.25) is 0 Å². The van der Waals surface area contributed by atoms with Crippen molar-refractivity contribution in [1.29, 1.82) is 0 Å². The van der Waals surface area contributed by atoms with Crippen molar-refractivity contribution in [1.82, 2.24) is 0 Å². The molecule has 96 valence electrons. The molecule has 2 nitrogen and oxygen atoms in total. The lowest BCUT2D eigenvalue weighted by atomic mass is 9.89. The monoisotopic (exact) mass is 262 g/mol. The number of hydrogen-bond acceptors (Lipinski definition) is 3. The minimum atomic E-state index is -0.821. The predicted molar refractivity (Wildman–Crippen MR) is 75.3 cm³/mol. The van der Waals surface area contributed by atoms with Gasteiger partial charge in [-0.2, -0.15) is 0 Å². The Morgan fingerprint density at radius 1 is 1.22 bits per heavy atom. The van der Waals surface area contributed by atoms with Crippen LogP contribution in [-0.2, 0) is 12.0 Å². The van der Waals surface area contributed by atoms with Gasteiger partial charge in [-0.15, -0.1) is 11.3 Å². The van der Waals surface area contributed by atoms with Crippen LogP contribution in [0.3, 0.4) is 0 Å². The summed E-state index contributed by atoms with van der Waals surface area (Å²) in [5.74, 6) is 0.838. The molecule has 0 saturated carbocycles. The Hall–Kier alpha value is -1.32. The average Bonchev–Trinajstić information content (AvgIpc) is 2.77. The molecule has 0 aliphatic rings. The maximum absolute atomic E-state index is 10.6. The maximum Gasteiger partial charge on any atom is 0.118 e. The highest BCUT2D eigenvalue weighted by Gasteiger charge is 2.25. The molecular weight excluding hydrogens is 244 g/mol. The minimum Gasteiger partial charge on any atom is -0.497 e. The Bertz CT molecular complexity index is 512. The predicted octanol–water partition coefficient (Wildman–Crippen LogP) is 3.52. The lowest BCUT2D eigenvalue weighted by molar-refractivity contribution is 0.0575. The highest BCUT2D eigenvalue weighted by molar-refractivity contribution is 7.10. The number of thiophene rings is 1. The molecule has 0 spiro atoms. The number of hydrogen-bond donors (Lipinski definition) is 1. The first-order valence-corrected chi connectivity index (χ1v) is 6.81. The van der Waals surface area contributed by atoms with E-state index in [0.717, 1.165) is 16.9 Å². The second-order valence-electron chi connectivity index (χ2n) is 4.69. The van der Waals surface area contributed by atoms with Gasteiger partial charge in [-0.1, -0.05) is 12.1 Å². The molecule has 1 unspecified atom stereocenters. The quantitative estimate of drug-likeness (QED) is 0.913. The Morgan fingerprint density at radius 2 is 1.89 bits per heavy atom. The molecule has 1 aromatic carbocycles. The summed E-state index contributed by atoms with van der Waals surface area (Å²) < 4.78 is 5.13. The van der Waals surface area contributed by atoms with Crippen molar-refractivity contribution in [3.05, 3.63) is 51.7 Å². The minimum absolute atomic E-state index is 0.606. The molecule has 0 saturated heterocycles. The largest absolute Gasteiger partial charge is 0.497 e.